The average Bonchev–Trinajstić information content (AvgIpc) is 1.65. The maximum atomic E-state index is 2.31. The molecule has 0 aromatic heterocycles. The summed E-state index contributed by atoms with van der Waals surface area (Å²) < 4.78 is 0. The SMILES string of the molecule is CCN1CCN1C. The lowest BCUT2D eigenvalue weighted by atomic mass is 10.4. The van der Waals surface area contributed by atoms with Gasteiger partial charge >= 0.3 is 0 Å². The van der Waals surface area contributed by atoms with Crippen LogP contribution in [0.4, 0.5) is 0 Å². The molecule has 0 radical (unpaired) electrons. The van der Waals surface area contributed by atoms with Gasteiger partial charge in [-0.05, 0) is 0 Å². The van der Waals surface area contributed by atoms with Gasteiger partial charge in [-0.3, -0.25) is 0 Å². The number of hydrogen-bond acceptors (Lipinski definition) is 2. The molecule has 2 heteroatoms. The minimum absolute atomic E-state index is 1.16. The molecule has 1 heterocycles. The van der Waals surface area contributed by atoms with E-state index < -0.39 is 0 Å². The van der Waals surface area contributed by atoms with Crippen molar-refractivity contribution in [1.29, 1.82) is 0 Å². The van der Waals surface area contributed by atoms with Crippen LogP contribution in [-0.2, 0) is 0 Å². The zero-order chi connectivity index (χ0) is 5.28. The van der Waals surface area contributed by atoms with E-state index in [2.05, 4.69) is 24.0 Å². The van der Waals surface area contributed by atoms with Gasteiger partial charge in [-0.25, -0.2) is 10.0 Å². The molecular weight excluding hydrogens is 88.1 g/mol. The zero-order valence-corrected chi connectivity index (χ0v) is 5.02. The Labute approximate surface area is 44.7 Å². The normalized spacial score (nSPS) is 24.9. The van der Waals surface area contributed by atoms with E-state index in [4.69, 9.17) is 0 Å². The van der Waals surface area contributed by atoms with Gasteiger partial charge in [0.15, 0.2) is 0 Å². The van der Waals surface area contributed by atoms with Crippen LogP contribution >= 0.6 is 0 Å². The number of nitrogens with zero attached hydrogens (tertiary/aromatic N) is 2. The topological polar surface area (TPSA) is 6.48 Å². The Bertz CT molecular complexity index is 61.1. The second kappa shape index (κ2) is 1.80. The molecule has 0 aliphatic carbocycles. The maximum Gasteiger partial charge on any atom is 0.0275 e. The van der Waals surface area contributed by atoms with Gasteiger partial charge in [-0.1, -0.05) is 6.92 Å². The number of likely N-dealkylation sites (N-methyl/N-ethyl adjacent to an activating group) is 2. The van der Waals surface area contributed by atoms with Gasteiger partial charge in [0.1, 0.15) is 0 Å². The molecule has 0 aromatic rings. The van der Waals surface area contributed by atoms with Gasteiger partial charge in [-0.15, -0.1) is 0 Å². The van der Waals surface area contributed by atoms with Crippen molar-refractivity contribution in [2.45, 2.75) is 6.92 Å². The number of hydrogen-bond donors (Lipinski definition) is 0. The van der Waals surface area contributed by atoms with E-state index in [-0.39, 0.29) is 0 Å². The van der Waals surface area contributed by atoms with Crippen LogP contribution in [0.1, 0.15) is 6.92 Å². The standard InChI is InChI=1S/C5H12N2/c1-3-7-5-4-6(7)2/h3-5H2,1-2H3. The molecule has 0 unspecified atom stereocenters. The van der Waals surface area contributed by atoms with Crippen LogP contribution in [0, 0.1) is 0 Å². The van der Waals surface area contributed by atoms with Gasteiger partial charge in [0.05, 0.1) is 0 Å². The first-order valence-electron chi connectivity index (χ1n) is 2.80. The second-order valence-corrected chi connectivity index (χ2v) is 1.93. The van der Waals surface area contributed by atoms with Crippen molar-refractivity contribution in [3.63, 3.8) is 0 Å². The fourth-order valence-electron chi connectivity index (χ4n) is 0.841. The van der Waals surface area contributed by atoms with Gasteiger partial charge in [-0.2, -0.15) is 0 Å². The van der Waals surface area contributed by atoms with E-state index in [0.29, 0.717) is 0 Å². The third-order valence-corrected chi connectivity index (χ3v) is 1.53. The highest BCUT2D eigenvalue weighted by molar-refractivity contribution is 4.62. The van der Waals surface area contributed by atoms with E-state index in [9.17, 15) is 0 Å². The molecule has 0 saturated carbocycles. The molecule has 1 fully saturated rings. The summed E-state index contributed by atoms with van der Waals surface area (Å²) in [4.78, 5) is 0. The molecule has 0 N–H and O–H groups in total. The van der Waals surface area contributed by atoms with E-state index in [1.54, 1.807) is 0 Å². The highest BCUT2D eigenvalue weighted by Crippen LogP contribution is 2.02. The Morgan fingerprint density at radius 3 is 2.14 bits per heavy atom. The summed E-state index contributed by atoms with van der Waals surface area (Å²) in [7, 11) is 2.12. The third-order valence-electron chi connectivity index (χ3n) is 1.53. The molecule has 7 heavy (non-hydrogen) atoms. The summed E-state index contributed by atoms with van der Waals surface area (Å²) in [5, 5.41) is 4.54. The van der Waals surface area contributed by atoms with Crippen molar-refractivity contribution in [3.8, 4) is 0 Å². The van der Waals surface area contributed by atoms with Crippen molar-refractivity contribution in [2.75, 3.05) is 26.7 Å². The van der Waals surface area contributed by atoms with Crippen molar-refractivity contribution in [2.24, 2.45) is 0 Å². The average molecular weight is 100 g/mol. The number of hydrazine groups is 1. The lowest BCUT2D eigenvalue weighted by Gasteiger charge is -2.40. The molecule has 1 aliphatic heterocycles. The molecule has 0 amide bonds. The summed E-state index contributed by atoms with van der Waals surface area (Å²) in [6, 6.07) is 0. The van der Waals surface area contributed by atoms with Gasteiger partial charge in [0, 0.05) is 26.7 Å². The van der Waals surface area contributed by atoms with E-state index in [0.717, 1.165) is 6.54 Å². The van der Waals surface area contributed by atoms with E-state index in [1.165, 1.54) is 13.1 Å². The minimum atomic E-state index is 1.16. The molecule has 0 aromatic carbocycles. The Morgan fingerprint density at radius 2 is 2.14 bits per heavy atom. The summed E-state index contributed by atoms with van der Waals surface area (Å²) in [5.41, 5.74) is 0. The van der Waals surface area contributed by atoms with Gasteiger partial charge in [0.25, 0.3) is 0 Å². The lowest BCUT2D eigenvalue weighted by Crippen LogP contribution is -2.54. The first-order valence-corrected chi connectivity index (χ1v) is 2.80. The fraction of sp³-hybridized carbons (Fsp3) is 1.00. The molecule has 1 saturated heterocycles. The monoisotopic (exact) mass is 100 g/mol. The van der Waals surface area contributed by atoms with Crippen molar-refractivity contribution in [1.82, 2.24) is 10.0 Å². The highest BCUT2D eigenvalue weighted by atomic mass is 15.7. The predicted molar refractivity (Wildman–Crippen MR) is 29.9 cm³/mol. The van der Waals surface area contributed by atoms with Crippen LogP contribution in [0.2, 0.25) is 0 Å². The van der Waals surface area contributed by atoms with E-state index >= 15 is 0 Å². The van der Waals surface area contributed by atoms with Crippen LogP contribution in [0.3, 0.4) is 0 Å². The zero-order valence-electron chi connectivity index (χ0n) is 5.02. The minimum Gasteiger partial charge on any atom is -0.243 e. The molecule has 0 atom stereocenters. The smallest absolute Gasteiger partial charge is 0.0275 e. The Hall–Kier alpha value is -0.0800. The van der Waals surface area contributed by atoms with Crippen molar-refractivity contribution in [3.05, 3.63) is 0 Å². The summed E-state index contributed by atoms with van der Waals surface area (Å²) in [6.07, 6.45) is 0. The fourth-order valence-corrected chi connectivity index (χ4v) is 0.841. The maximum absolute atomic E-state index is 2.31. The van der Waals surface area contributed by atoms with Crippen LogP contribution in [-0.4, -0.2) is 36.7 Å². The molecule has 0 bridgehead atoms. The van der Waals surface area contributed by atoms with Crippen LogP contribution < -0.4 is 0 Å². The quantitative estimate of drug-likeness (QED) is 0.463. The molecule has 2 nitrogen and oxygen atoms in total. The summed E-state index contributed by atoms with van der Waals surface area (Å²) in [5.74, 6) is 0. The Kier molecular flexibility index (Phi) is 1.30. The molecule has 42 valence electrons. The molecular formula is C5H12N2. The predicted octanol–water partition coefficient (Wildman–Crippen LogP) is 0.169. The number of rotatable bonds is 1. The van der Waals surface area contributed by atoms with Crippen LogP contribution in [0.25, 0.3) is 0 Å². The van der Waals surface area contributed by atoms with Crippen LogP contribution in [0.5, 0.6) is 0 Å². The second-order valence-electron chi connectivity index (χ2n) is 1.93. The van der Waals surface area contributed by atoms with Crippen LogP contribution in [0.15, 0.2) is 0 Å². The lowest BCUT2D eigenvalue weighted by molar-refractivity contribution is -0.0842. The van der Waals surface area contributed by atoms with Gasteiger partial charge < -0.3 is 0 Å². The Balaban J connectivity index is 2.16. The third kappa shape index (κ3) is 0.763. The molecule has 1 rings (SSSR count). The molecule has 0 spiro atoms. The highest BCUT2D eigenvalue weighted by Gasteiger charge is 2.17. The summed E-state index contributed by atoms with van der Waals surface area (Å²) >= 11 is 0. The van der Waals surface area contributed by atoms with Gasteiger partial charge in [0.2, 0.25) is 0 Å². The van der Waals surface area contributed by atoms with Crippen molar-refractivity contribution >= 4 is 0 Å². The molecule has 1 aliphatic rings. The van der Waals surface area contributed by atoms with E-state index in [1.807, 2.05) is 0 Å². The summed E-state index contributed by atoms with van der Waals surface area (Å²) in [6.45, 7) is 5.84. The first kappa shape index (κ1) is 5.06. The first-order chi connectivity index (χ1) is 3.34. The van der Waals surface area contributed by atoms with Crippen molar-refractivity contribution < 1.29 is 0 Å². The largest absolute Gasteiger partial charge is 0.243 e. The Morgan fingerprint density at radius 1 is 1.43 bits per heavy atom.